The van der Waals surface area contributed by atoms with E-state index in [2.05, 4.69) is 15.6 Å². The molecule has 1 rings (SSSR count). The quantitative estimate of drug-likeness (QED) is 0.783. The molecule has 4 heteroatoms. The Morgan fingerprint density at radius 2 is 2.20 bits per heavy atom. The van der Waals surface area contributed by atoms with Crippen molar-refractivity contribution in [1.82, 2.24) is 10.3 Å². The molecular weight excluding hydrogens is 193 g/mol. The van der Waals surface area contributed by atoms with Crippen LogP contribution >= 0.6 is 0 Å². The van der Waals surface area contributed by atoms with E-state index in [-0.39, 0.29) is 5.82 Å². The van der Waals surface area contributed by atoms with Crippen molar-refractivity contribution in [3.8, 4) is 0 Å². The fourth-order valence-electron chi connectivity index (χ4n) is 1.28. The summed E-state index contributed by atoms with van der Waals surface area (Å²) in [6.45, 7) is 7.57. The summed E-state index contributed by atoms with van der Waals surface area (Å²) in [5.74, 6) is 0.463. The van der Waals surface area contributed by atoms with Gasteiger partial charge >= 0.3 is 0 Å². The molecule has 0 atom stereocenters. The highest BCUT2D eigenvalue weighted by molar-refractivity contribution is 5.44. The minimum Gasteiger partial charge on any atom is -0.368 e. The Balaban J connectivity index is 2.82. The third-order valence-electron chi connectivity index (χ3n) is 1.92. The maximum absolute atomic E-state index is 13.0. The van der Waals surface area contributed by atoms with Crippen LogP contribution in [0.3, 0.4) is 0 Å². The maximum Gasteiger partial charge on any atom is 0.141 e. The number of rotatable bonds is 5. The summed E-state index contributed by atoms with van der Waals surface area (Å²) in [7, 11) is 0. The second-order valence-corrected chi connectivity index (χ2v) is 3.74. The average Bonchev–Trinajstić information content (AvgIpc) is 2.18. The second-order valence-electron chi connectivity index (χ2n) is 3.74. The standard InChI is InChI=1S/C11H18FN3/c1-4-13-6-9-5-10(12)7-14-11(9)15-8(2)3/h5,7-8,13H,4,6H2,1-3H3,(H,14,15). The van der Waals surface area contributed by atoms with Gasteiger partial charge in [-0.1, -0.05) is 6.92 Å². The first-order valence-corrected chi connectivity index (χ1v) is 5.25. The Bertz CT molecular complexity index is 313. The van der Waals surface area contributed by atoms with E-state index in [4.69, 9.17) is 0 Å². The molecule has 1 aromatic heterocycles. The van der Waals surface area contributed by atoms with Crippen molar-refractivity contribution in [2.45, 2.75) is 33.4 Å². The molecule has 0 radical (unpaired) electrons. The van der Waals surface area contributed by atoms with Gasteiger partial charge in [0.1, 0.15) is 11.6 Å². The van der Waals surface area contributed by atoms with Crippen LogP contribution in [0.15, 0.2) is 12.3 Å². The van der Waals surface area contributed by atoms with Crippen LogP contribution in [-0.4, -0.2) is 17.6 Å². The van der Waals surface area contributed by atoms with Gasteiger partial charge in [-0.3, -0.25) is 0 Å². The van der Waals surface area contributed by atoms with Crippen LogP contribution in [0.1, 0.15) is 26.3 Å². The lowest BCUT2D eigenvalue weighted by molar-refractivity contribution is 0.614. The van der Waals surface area contributed by atoms with Crippen LogP contribution in [0, 0.1) is 5.82 Å². The van der Waals surface area contributed by atoms with E-state index >= 15 is 0 Å². The molecule has 0 unspecified atom stereocenters. The number of aromatic nitrogens is 1. The Labute approximate surface area is 90.1 Å². The predicted octanol–water partition coefficient (Wildman–Crippen LogP) is 2.15. The number of halogens is 1. The molecule has 0 amide bonds. The van der Waals surface area contributed by atoms with Crippen LogP contribution in [0.2, 0.25) is 0 Å². The molecule has 0 aliphatic rings. The highest BCUT2D eigenvalue weighted by Gasteiger charge is 2.06. The molecule has 0 aliphatic carbocycles. The molecular formula is C11H18FN3. The minimum atomic E-state index is -0.294. The van der Waals surface area contributed by atoms with Gasteiger partial charge in [-0.2, -0.15) is 0 Å². The molecule has 0 saturated carbocycles. The zero-order chi connectivity index (χ0) is 11.3. The highest BCUT2D eigenvalue weighted by Crippen LogP contribution is 2.14. The Hall–Kier alpha value is -1.16. The Morgan fingerprint density at radius 3 is 2.80 bits per heavy atom. The number of hydrogen-bond donors (Lipinski definition) is 2. The van der Waals surface area contributed by atoms with Crippen molar-refractivity contribution >= 4 is 5.82 Å². The number of nitrogens with one attached hydrogen (secondary N) is 2. The molecule has 0 fully saturated rings. The van der Waals surface area contributed by atoms with Gasteiger partial charge in [-0.25, -0.2) is 9.37 Å². The SMILES string of the molecule is CCNCc1cc(F)cnc1NC(C)C. The summed E-state index contributed by atoms with van der Waals surface area (Å²) in [4.78, 5) is 4.05. The molecule has 0 aliphatic heterocycles. The summed E-state index contributed by atoms with van der Waals surface area (Å²) >= 11 is 0. The third kappa shape index (κ3) is 3.83. The fourth-order valence-corrected chi connectivity index (χ4v) is 1.28. The molecule has 0 bridgehead atoms. The van der Waals surface area contributed by atoms with Crippen LogP contribution in [0.5, 0.6) is 0 Å². The summed E-state index contributed by atoms with van der Waals surface area (Å²) in [5.41, 5.74) is 0.866. The van der Waals surface area contributed by atoms with Crippen molar-refractivity contribution < 1.29 is 4.39 Å². The minimum absolute atomic E-state index is 0.294. The normalized spacial score (nSPS) is 10.7. The monoisotopic (exact) mass is 211 g/mol. The average molecular weight is 211 g/mol. The van der Waals surface area contributed by atoms with Crippen LogP contribution in [-0.2, 0) is 6.54 Å². The fraction of sp³-hybridized carbons (Fsp3) is 0.545. The van der Waals surface area contributed by atoms with E-state index in [0.29, 0.717) is 12.6 Å². The van der Waals surface area contributed by atoms with Crippen molar-refractivity contribution in [2.24, 2.45) is 0 Å². The highest BCUT2D eigenvalue weighted by atomic mass is 19.1. The summed E-state index contributed by atoms with van der Waals surface area (Å²) < 4.78 is 13.0. The van der Waals surface area contributed by atoms with Gasteiger partial charge in [0.05, 0.1) is 6.20 Å². The van der Waals surface area contributed by atoms with E-state index in [1.54, 1.807) is 0 Å². The third-order valence-corrected chi connectivity index (χ3v) is 1.92. The molecule has 15 heavy (non-hydrogen) atoms. The lowest BCUT2D eigenvalue weighted by Crippen LogP contribution is -2.17. The molecule has 1 heterocycles. The van der Waals surface area contributed by atoms with E-state index < -0.39 is 0 Å². The van der Waals surface area contributed by atoms with Crippen molar-refractivity contribution in [3.63, 3.8) is 0 Å². The van der Waals surface area contributed by atoms with Gasteiger partial charge in [0.15, 0.2) is 0 Å². The first kappa shape index (κ1) is 11.9. The van der Waals surface area contributed by atoms with E-state index in [1.165, 1.54) is 12.3 Å². The van der Waals surface area contributed by atoms with E-state index in [0.717, 1.165) is 17.9 Å². The van der Waals surface area contributed by atoms with Gasteiger partial charge in [0.25, 0.3) is 0 Å². The molecule has 84 valence electrons. The Morgan fingerprint density at radius 1 is 1.47 bits per heavy atom. The van der Waals surface area contributed by atoms with Gasteiger partial charge in [0.2, 0.25) is 0 Å². The molecule has 0 spiro atoms. The largest absolute Gasteiger partial charge is 0.368 e. The number of anilines is 1. The Kier molecular flexibility index (Phi) is 4.49. The first-order valence-electron chi connectivity index (χ1n) is 5.25. The van der Waals surface area contributed by atoms with E-state index in [9.17, 15) is 4.39 Å². The smallest absolute Gasteiger partial charge is 0.141 e. The number of pyridine rings is 1. The molecule has 3 nitrogen and oxygen atoms in total. The van der Waals surface area contributed by atoms with E-state index in [1.807, 2.05) is 20.8 Å². The zero-order valence-electron chi connectivity index (χ0n) is 9.47. The second kappa shape index (κ2) is 5.66. The van der Waals surface area contributed by atoms with Crippen molar-refractivity contribution in [2.75, 3.05) is 11.9 Å². The van der Waals surface area contributed by atoms with Crippen LogP contribution < -0.4 is 10.6 Å². The summed E-state index contributed by atoms with van der Waals surface area (Å²) in [6, 6.07) is 1.81. The lowest BCUT2D eigenvalue weighted by atomic mass is 10.2. The lowest BCUT2D eigenvalue weighted by Gasteiger charge is -2.13. The van der Waals surface area contributed by atoms with Gasteiger partial charge in [0, 0.05) is 18.2 Å². The molecule has 0 aromatic carbocycles. The molecule has 1 aromatic rings. The van der Waals surface area contributed by atoms with Gasteiger partial charge in [-0.15, -0.1) is 0 Å². The maximum atomic E-state index is 13.0. The molecule has 2 N–H and O–H groups in total. The summed E-state index contributed by atoms with van der Waals surface area (Å²) in [5, 5.41) is 6.35. The number of nitrogens with zero attached hydrogens (tertiary/aromatic N) is 1. The van der Waals surface area contributed by atoms with Crippen LogP contribution in [0.25, 0.3) is 0 Å². The predicted molar refractivity (Wildman–Crippen MR) is 60.3 cm³/mol. The molecule has 0 saturated heterocycles. The first-order chi connectivity index (χ1) is 7.13. The van der Waals surface area contributed by atoms with Gasteiger partial charge < -0.3 is 10.6 Å². The topological polar surface area (TPSA) is 37.0 Å². The summed E-state index contributed by atoms with van der Waals surface area (Å²) in [6.07, 6.45) is 1.24. The van der Waals surface area contributed by atoms with Crippen molar-refractivity contribution in [1.29, 1.82) is 0 Å². The number of hydrogen-bond acceptors (Lipinski definition) is 3. The van der Waals surface area contributed by atoms with Crippen LogP contribution in [0.4, 0.5) is 10.2 Å². The zero-order valence-corrected chi connectivity index (χ0v) is 9.47. The van der Waals surface area contributed by atoms with Gasteiger partial charge in [-0.05, 0) is 26.5 Å². The van der Waals surface area contributed by atoms with Crippen molar-refractivity contribution in [3.05, 3.63) is 23.6 Å².